The molecule has 1 atom stereocenters. The molecule has 0 amide bonds. The normalized spacial score (nSPS) is 14.9. The molecule has 0 radical (unpaired) electrons. The lowest BCUT2D eigenvalue weighted by Gasteiger charge is -2.22. The predicted molar refractivity (Wildman–Crippen MR) is 70.5 cm³/mol. The van der Waals surface area contributed by atoms with Crippen LogP contribution in [0.5, 0.6) is 11.5 Å². The number of esters is 1. The average Bonchev–Trinajstić information content (AvgIpc) is 2.45. The Hall–Kier alpha value is -1.75. The van der Waals surface area contributed by atoms with Crippen LogP contribution in [0.1, 0.15) is 18.1 Å². The Bertz CT molecular complexity index is 473. The fourth-order valence-electron chi connectivity index (χ4n) is 2.01. The number of nitrogens with one attached hydrogen (secondary N) is 1. The molecule has 0 saturated heterocycles. The maximum Gasteiger partial charge on any atom is 0.322 e. The second kappa shape index (κ2) is 5.93. The van der Waals surface area contributed by atoms with Crippen molar-refractivity contribution in [2.45, 2.75) is 26.4 Å². The first-order valence-corrected chi connectivity index (χ1v) is 6.32. The third-order valence-electron chi connectivity index (χ3n) is 3.22. The van der Waals surface area contributed by atoms with Gasteiger partial charge in [0, 0.05) is 6.54 Å². The molecule has 0 bridgehead atoms. The van der Waals surface area contributed by atoms with E-state index in [-0.39, 0.29) is 12.0 Å². The van der Waals surface area contributed by atoms with E-state index in [1.165, 1.54) is 7.11 Å². The smallest absolute Gasteiger partial charge is 0.322 e. The van der Waals surface area contributed by atoms with Gasteiger partial charge in [0.05, 0.1) is 7.11 Å². The van der Waals surface area contributed by atoms with E-state index in [9.17, 15) is 4.79 Å². The lowest BCUT2D eigenvalue weighted by molar-refractivity contribution is -0.142. The van der Waals surface area contributed by atoms with Crippen LogP contribution in [0.2, 0.25) is 0 Å². The minimum atomic E-state index is -0.336. The molecule has 0 spiro atoms. The second-order valence-corrected chi connectivity index (χ2v) is 4.50. The number of ether oxygens (including phenoxy) is 3. The lowest BCUT2D eigenvalue weighted by Crippen LogP contribution is -2.34. The van der Waals surface area contributed by atoms with E-state index in [4.69, 9.17) is 9.47 Å². The standard InChI is InChI=1S/C14H19NO4/c1-9-11(8-15-10(2)14(16)17-3)4-5-12-13(9)19-7-6-18-12/h4-5,10,15H,6-8H2,1-3H3. The molecule has 0 fully saturated rings. The summed E-state index contributed by atoms with van der Waals surface area (Å²) in [6, 6.07) is 3.55. The van der Waals surface area contributed by atoms with Gasteiger partial charge in [0.15, 0.2) is 11.5 Å². The van der Waals surface area contributed by atoms with Crippen molar-refractivity contribution < 1.29 is 19.0 Å². The van der Waals surface area contributed by atoms with E-state index < -0.39 is 0 Å². The molecule has 1 heterocycles. The summed E-state index contributed by atoms with van der Waals surface area (Å²) in [5, 5.41) is 3.13. The van der Waals surface area contributed by atoms with Gasteiger partial charge in [-0.15, -0.1) is 0 Å². The van der Waals surface area contributed by atoms with Crippen LogP contribution < -0.4 is 14.8 Å². The molecule has 2 rings (SSSR count). The largest absolute Gasteiger partial charge is 0.486 e. The molecule has 5 nitrogen and oxygen atoms in total. The van der Waals surface area contributed by atoms with E-state index in [0.29, 0.717) is 19.8 Å². The Balaban J connectivity index is 2.07. The Morgan fingerprint density at radius 1 is 1.42 bits per heavy atom. The Kier molecular flexibility index (Phi) is 4.27. The third kappa shape index (κ3) is 2.98. The van der Waals surface area contributed by atoms with E-state index in [1.807, 2.05) is 19.1 Å². The van der Waals surface area contributed by atoms with Gasteiger partial charge in [-0.2, -0.15) is 0 Å². The van der Waals surface area contributed by atoms with Crippen molar-refractivity contribution >= 4 is 5.97 Å². The summed E-state index contributed by atoms with van der Waals surface area (Å²) in [5.74, 6) is 1.32. The van der Waals surface area contributed by atoms with Gasteiger partial charge in [0.2, 0.25) is 0 Å². The van der Waals surface area contributed by atoms with Gasteiger partial charge in [-0.1, -0.05) is 6.07 Å². The highest BCUT2D eigenvalue weighted by Gasteiger charge is 2.17. The second-order valence-electron chi connectivity index (χ2n) is 4.50. The zero-order valence-corrected chi connectivity index (χ0v) is 11.5. The number of hydrogen-bond acceptors (Lipinski definition) is 5. The summed E-state index contributed by atoms with van der Waals surface area (Å²) < 4.78 is 15.8. The van der Waals surface area contributed by atoms with Gasteiger partial charge < -0.3 is 19.5 Å². The van der Waals surface area contributed by atoms with Crippen molar-refractivity contribution in [1.82, 2.24) is 5.32 Å². The summed E-state index contributed by atoms with van der Waals surface area (Å²) in [6.07, 6.45) is 0. The highest BCUT2D eigenvalue weighted by atomic mass is 16.6. The fourth-order valence-corrected chi connectivity index (χ4v) is 2.01. The van der Waals surface area contributed by atoms with Crippen LogP contribution in [0.3, 0.4) is 0 Å². The number of rotatable bonds is 4. The van der Waals surface area contributed by atoms with Crippen molar-refractivity contribution in [3.8, 4) is 11.5 Å². The van der Waals surface area contributed by atoms with Crippen LogP contribution in [0.25, 0.3) is 0 Å². The number of fused-ring (bicyclic) bond motifs is 1. The summed E-state index contributed by atoms with van der Waals surface area (Å²) >= 11 is 0. The topological polar surface area (TPSA) is 56.8 Å². The zero-order valence-electron chi connectivity index (χ0n) is 11.5. The molecule has 0 saturated carbocycles. The summed E-state index contributed by atoms with van der Waals surface area (Å²) in [4.78, 5) is 11.3. The molecular weight excluding hydrogens is 246 g/mol. The van der Waals surface area contributed by atoms with Crippen LogP contribution in [-0.2, 0) is 16.1 Å². The molecule has 0 aromatic heterocycles. The Labute approximate surface area is 112 Å². The average molecular weight is 265 g/mol. The number of hydrogen-bond donors (Lipinski definition) is 1. The van der Waals surface area contributed by atoms with Crippen molar-refractivity contribution in [2.24, 2.45) is 0 Å². The van der Waals surface area contributed by atoms with E-state index in [1.54, 1.807) is 6.92 Å². The number of methoxy groups -OCH3 is 1. The summed E-state index contributed by atoms with van der Waals surface area (Å²) in [6.45, 7) is 5.51. The third-order valence-corrected chi connectivity index (χ3v) is 3.22. The highest BCUT2D eigenvalue weighted by Crippen LogP contribution is 2.35. The summed E-state index contributed by atoms with van der Waals surface area (Å²) in [5.41, 5.74) is 2.13. The maximum absolute atomic E-state index is 11.3. The molecule has 1 aliphatic heterocycles. The molecule has 1 aromatic carbocycles. The van der Waals surface area contributed by atoms with Gasteiger partial charge in [-0.05, 0) is 31.0 Å². The molecule has 104 valence electrons. The van der Waals surface area contributed by atoms with Crippen molar-refractivity contribution in [1.29, 1.82) is 0 Å². The Morgan fingerprint density at radius 3 is 2.89 bits per heavy atom. The maximum atomic E-state index is 11.3. The molecule has 1 unspecified atom stereocenters. The van der Waals surface area contributed by atoms with Crippen LogP contribution in [0.15, 0.2) is 12.1 Å². The van der Waals surface area contributed by atoms with Crippen LogP contribution >= 0.6 is 0 Å². The van der Waals surface area contributed by atoms with Crippen LogP contribution in [0.4, 0.5) is 0 Å². The van der Waals surface area contributed by atoms with Crippen molar-refractivity contribution in [3.63, 3.8) is 0 Å². The van der Waals surface area contributed by atoms with Crippen molar-refractivity contribution in [2.75, 3.05) is 20.3 Å². The first-order valence-electron chi connectivity index (χ1n) is 6.32. The molecular formula is C14H19NO4. The minimum Gasteiger partial charge on any atom is -0.486 e. The predicted octanol–water partition coefficient (Wildman–Crippen LogP) is 1.42. The SMILES string of the molecule is COC(=O)C(C)NCc1ccc2c(c1C)OCCO2. The molecule has 1 aliphatic rings. The molecule has 0 aliphatic carbocycles. The molecule has 19 heavy (non-hydrogen) atoms. The molecule has 1 aromatic rings. The van der Waals surface area contributed by atoms with Gasteiger partial charge in [0.1, 0.15) is 19.3 Å². The zero-order chi connectivity index (χ0) is 13.8. The minimum absolute atomic E-state index is 0.268. The van der Waals surface area contributed by atoms with Gasteiger partial charge in [-0.3, -0.25) is 4.79 Å². The van der Waals surface area contributed by atoms with E-state index >= 15 is 0 Å². The van der Waals surface area contributed by atoms with E-state index in [2.05, 4.69) is 10.1 Å². The first kappa shape index (κ1) is 13.7. The Morgan fingerprint density at radius 2 is 2.16 bits per heavy atom. The molecule has 5 heteroatoms. The fraction of sp³-hybridized carbons (Fsp3) is 0.500. The van der Waals surface area contributed by atoms with Gasteiger partial charge >= 0.3 is 5.97 Å². The number of carbonyl (C=O) groups excluding carboxylic acids is 1. The molecule has 1 N–H and O–H groups in total. The quantitative estimate of drug-likeness (QED) is 0.834. The monoisotopic (exact) mass is 265 g/mol. The van der Waals surface area contributed by atoms with Crippen molar-refractivity contribution in [3.05, 3.63) is 23.3 Å². The number of carbonyl (C=O) groups is 1. The number of benzene rings is 1. The van der Waals surface area contributed by atoms with E-state index in [0.717, 1.165) is 22.6 Å². The van der Waals surface area contributed by atoms with Gasteiger partial charge in [-0.25, -0.2) is 0 Å². The highest BCUT2D eigenvalue weighted by molar-refractivity contribution is 5.75. The van der Waals surface area contributed by atoms with Crippen LogP contribution in [0, 0.1) is 6.92 Å². The summed E-state index contributed by atoms with van der Waals surface area (Å²) in [7, 11) is 1.38. The van der Waals surface area contributed by atoms with Gasteiger partial charge in [0.25, 0.3) is 0 Å². The first-order chi connectivity index (χ1) is 9.13. The lowest BCUT2D eigenvalue weighted by atomic mass is 10.1. The van der Waals surface area contributed by atoms with Crippen LogP contribution in [-0.4, -0.2) is 32.3 Å².